The van der Waals surface area contributed by atoms with Crippen molar-refractivity contribution in [3.05, 3.63) is 29.3 Å². The lowest BCUT2D eigenvalue weighted by molar-refractivity contribution is 0.0924. The normalized spacial score (nSPS) is 11.6. The third-order valence-corrected chi connectivity index (χ3v) is 3.72. The Kier molecular flexibility index (Phi) is 5.05. The Bertz CT molecular complexity index is 478. The molecule has 4 nitrogen and oxygen atoms in total. The molecule has 0 radical (unpaired) electrons. The summed E-state index contributed by atoms with van der Waals surface area (Å²) in [5.41, 5.74) is 1.29. The van der Waals surface area contributed by atoms with Gasteiger partial charge in [0.25, 0.3) is 5.91 Å². The van der Waals surface area contributed by atoms with Crippen molar-refractivity contribution in [3.8, 4) is 0 Å². The van der Waals surface area contributed by atoms with Gasteiger partial charge in [-0.1, -0.05) is 27.7 Å². The van der Waals surface area contributed by atoms with Crippen LogP contribution in [0.25, 0.3) is 0 Å². The van der Waals surface area contributed by atoms with E-state index in [9.17, 15) is 13.6 Å². The molecule has 0 bridgehead atoms. The van der Waals surface area contributed by atoms with Crippen LogP contribution < -0.4 is 16.6 Å². The molecule has 6 heteroatoms. The largest absolute Gasteiger partial charge is 0.351 e. The molecule has 0 aliphatic heterocycles. The number of rotatable bonds is 5. The van der Waals surface area contributed by atoms with Crippen molar-refractivity contribution < 1.29 is 13.6 Å². The number of nitrogen functional groups attached to an aromatic ring is 1. The summed E-state index contributed by atoms with van der Waals surface area (Å²) < 4.78 is 27.0. The van der Waals surface area contributed by atoms with Crippen LogP contribution in [0.1, 0.15) is 38.1 Å². The molecule has 0 aromatic heterocycles. The number of hydrogen-bond acceptors (Lipinski definition) is 3. The fraction of sp³-hybridized carbons (Fsp3) is 0.500. The average molecular weight is 285 g/mol. The summed E-state index contributed by atoms with van der Waals surface area (Å²) in [6, 6.07) is 1.91. The highest BCUT2D eigenvalue weighted by Crippen LogP contribution is 2.25. The van der Waals surface area contributed by atoms with Gasteiger partial charge in [-0.2, -0.15) is 0 Å². The van der Waals surface area contributed by atoms with Crippen LogP contribution >= 0.6 is 0 Å². The molecule has 20 heavy (non-hydrogen) atoms. The lowest BCUT2D eigenvalue weighted by Crippen LogP contribution is -2.37. The second kappa shape index (κ2) is 6.17. The number of hydrazine groups is 1. The number of nitrogens with two attached hydrogens (primary N) is 1. The van der Waals surface area contributed by atoms with Gasteiger partial charge >= 0.3 is 0 Å². The molecule has 1 aromatic rings. The zero-order valence-corrected chi connectivity index (χ0v) is 12.2. The van der Waals surface area contributed by atoms with Crippen LogP contribution in [-0.4, -0.2) is 12.5 Å². The predicted molar refractivity (Wildman–Crippen MR) is 75.1 cm³/mol. The van der Waals surface area contributed by atoms with Crippen molar-refractivity contribution in [2.24, 2.45) is 17.2 Å². The zero-order chi connectivity index (χ0) is 15.5. The molecule has 0 saturated heterocycles. The molecule has 0 aliphatic carbocycles. The third kappa shape index (κ3) is 3.66. The molecule has 0 unspecified atom stereocenters. The number of carbonyl (C=O) groups is 1. The van der Waals surface area contributed by atoms with Crippen molar-refractivity contribution in [2.75, 3.05) is 12.0 Å². The van der Waals surface area contributed by atoms with E-state index >= 15 is 0 Å². The topological polar surface area (TPSA) is 67.2 Å². The summed E-state index contributed by atoms with van der Waals surface area (Å²) in [5.74, 6) is 3.04. The van der Waals surface area contributed by atoms with Gasteiger partial charge in [0.05, 0.1) is 0 Å². The van der Waals surface area contributed by atoms with E-state index in [0.29, 0.717) is 12.5 Å². The lowest BCUT2D eigenvalue weighted by atomic mass is 9.81. The van der Waals surface area contributed by atoms with Gasteiger partial charge in [-0.25, -0.2) is 8.78 Å². The van der Waals surface area contributed by atoms with Crippen LogP contribution in [-0.2, 0) is 0 Å². The highest BCUT2D eigenvalue weighted by atomic mass is 19.1. The summed E-state index contributed by atoms with van der Waals surface area (Å²) in [6.07, 6.45) is 0. The molecule has 0 aliphatic rings. The van der Waals surface area contributed by atoms with Gasteiger partial charge in [-0.3, -0.25) is 10.6 Å². The van der Waals surface area contributed by atoms with Gasteiger partial charge < -0.3 is 10.7 Å². The van der Waals surface area contributed by atoms with Crippen molar-refractivity contribution >= 4 is 11.6 Å². The zero-order valence-electron chi connectivity index (χ0n) is 12.2. The number of carbonyl (C=O) groups excluding carboxylic acids is 1. The molecular formula is C14H21F2N3O. The Morgan fingerprint density at radius 3 is 2.20 bits per heavy atom. The minimum Gasteiger partial charge on any atom is -0.351 e. The van der Waals surface area contributed by atoms with Gasteiger partial charge in [-0.05, 0) is 23.5 Å². The number of hydrogen-bond donors (Lipinski definition) is 3. The molecule has 4 N–H and O–H groups in total. The number of benzene rings is 1. The van der Waals surface area contributed by atoms with Crippen molar-refractivity contribution in [1.82, 2.24) is 5.32 Å². The second-order valence-electron chi connectivity index (χ2n) is 5.79. The molecule has 112 valence electrons. The average Bonchev–Trinajstić information content (AvgIpc) is 2.35. The van der Waals surface area contributed by atoms with E-state index in [1.54, 1.807) is 0 Å². The molecular weight excluding hydrogens is 264 g/mol. The Hall–Kier alpha value is -1.69. The Morgan fingerprint density at radius 2 is 1.80 bits per heavy atom. The predicted octanol–water partition coefficient (Wildman–Crippen LogP) is 2.66. The fourth-order valence-electron chi connectivity index (χ4n) is 1.46. The van der Waals surface area contributed by atoms with E-state index < -0.39 is 23.2 Å². The van der Waals surface area contributed by atoms with E-state index in [4.69, 9.17) is 5.84 Å². The van der Waals surface area contributed by atoms with E-state index in [0.717, 1.165) is 12.1 Å². The standard InChI is InChI=1S/C14H21F2N3O/c1-8(2)14(3,4)7-18-13(20)9-5-10(15)12(19-17)11(16)6-9/h5-6,8,19H,7,17H2,1-4H3,(H,18,20). The van der Waals surface area contributed by atoms with E-state index in [1.807, 2.05) is 33.1 Å². The van der Waals surface area contributed by atoms with Crippen molar-refractivity contribution in [1.29, 1.82) is 0 Å². The molecule has 0 saturated carbocycles. The molecule has 0 atom stereocenters. The third-order valence-electron chi connectivity index (χ3n) is 3.72. The first-order valence-corrected chi connectivity index (χ1v) is 6.43. The van der Waals surface area contributed by atoms with E-state index in [1.165, 1.54) is 0 Å². The maximum atomic E-state index is 13.5. The lowest BCUT2D eigenvalue weighted by Gasteiger charge is -2.29. The number of halogens is 2. The van der Waals surface area contributed by atoms with Crippen LogP contribution in [0.3, 0.4) is 0 Å². The molecule has 1 amide bonds. The molecule has 0 fully saturated rings. The summed E-state index contributed by atoms with van der Waals surface area (Å²) in [4.78, 5) is 11.9. The maximum Gasteiger partial charge on any atom is 0.251 e. The van der Waals surface area contributed by atoms with Gasteiger partial charge in [0, 0.05) is 12.1 Å². The Labute approximate surface area is 117 Å². The van der Waals surface area contributed by atoms with E-state index in [2.05, 4.69) is 5.32 Å². The minimum absolute atomic E-state index is 0.0708. The molecule has 1 aromatic carbocycles. The number of anilines is 1. The van der Waals surface area contributed by atoms with Gasteiger partial charge in [-0.15, -0.1) is 0 Å². The van der Waals surface area contributed by atoms with Crippen molar-refractivity contribution in [3.63, 3.8) is 0 Å². The summed E-state index contributed by atoms with van der Waals surface area (Å²) >= 11 is 0. The SMILES string of the molecule is CC(C)C(C)(C)CNC(=O)c1cc(F)c(NN)c(F)c1. The molecule has 0 spiro atoms. The first kappa shape index (κ1) is 16.4. The van der Waals surface area contributed by atoms with Gasteiger partial charge in [0.1, 0.15) is 5.69 Å². The Balaban J connectivity index is 2.84. The molecule has 0 heterocycles. The van der Waals surface area contributed by atoms with Gasteiger partial charge in [0.2, 0.25) is 0 Å². The maximum absolute atomic E-state index is 13.5. The summed E-state index contributed by atoms with van der Waals surface area (Å²) in [6.45, 7) is 8.55. The van der Waals surface area contributed by atoms with Crippen LogP contribution in [0.2, 0.25) is 0 Å². The molecule has 1 rings (SSSR count). The first-order chi connectivity index (χ1) is 9.19. The highest BCUT2D eigenvalue weighted by molar-refractivity contribution is 5.94. The highest BCUT2D eigenvalue weighted by Gasteiger charge is 2.23. The van der Waals surface area contributed by atoms with Gasteiger partial charge in [0.15, 0.2) is 11.6 Å². The quantitative estimate of drug-likeness (QED) is 0.575. The summed E-state index contributed by atoms with van der Waals surface area (Å²) in [5, 5.41) is 2.69. The first-order valence-electron chi connectivity index (χ1n) is 6.43. The van der Waals surface area contributed by atoms with Crippen LogP contribution in [0, 0.1) is 23.0 Å². The number of amides is 1. The minimum atomic E-state index is -0.902. The van der Waals surface area contributed by atoms with Crippen LogP contribution in [0.4, 0.5) is 14.5 Å². The summed E-state index contributed by atoms with van der Waals surface area (Å²) in [7, 11) is 0. The Morgan fingerprint density at radius 1 is 1.30 bits per heavy atom. The second-order valence-corrected chi connectivity index (χ2v) is 5.79. The van der Waals surface area contributed by atoms with Crippen molar-refractivity contribution in [2.45, 2.75) is 27.7 Å². The monoisotopic (exact) mass is 285 g/mol. The number of nitrogens with one attached hydrogen (secondary N) is 2. The van der Waals surface area contributed by atoms with Crippen LogP contribution in [0.15, 0.2) is 12.1 Å². The van der Waals surface area contributed by atoms with Crippen LogP contribution in [0.5, 0.6) is 0 Å². The fourth-order valence-corrected chi connectivity index (χ4v) is 1.46. The smallest absolute Gasteiger partial charge is 0.251 e. The van der Waals surface area contributed by atoms with E-state index in [-0.39, 0.29) is 11.0 Å².